The number of aryl methyl sites for hydroxylation is 1. The molecule has 1 aromatic carbocycles. The number of fused-ring (bicyclic) bond motifs is 1. The van der Waals surface area contributed by atoms with Gasteiger partial charge in [0, 0.05) is 12.6 Å². The van der Waals surface area contributed by atoms with Gasteiger partial charge in [-0.2, -0.15) is 0 Å². The number of nitrogens with two attached hydrogens (primary N) is 1. The van der Waals surface area contributed by atoms with Gasteiger partial charge in [0.25, 0.3) is 0 Å². The van der Waals surface area contributed by atoms with Crippen molar-refractivity contribution in [1.82, 2.24) is 16.0 Å². The summed E-state index contributed by atoms with van der Waals surface area (Å²) in [5.41, 5.74) is 6.61. The van der Waals surface area contributed by atoms with Gasteiger partial charge in [-0.1, -0.05) is 31.2 Å². The van der Waals surface area contributed by atoms with Crippen LogP contribution in [0.5, 0.6) is 0 Å². The van der Waals surface area contributed by atoms with E-state index in [9.17, 15) is 14.4 Å². The van der Waals surface area contributed by atoms with E-state index in [1.54, 1.807) is 0 Å². The van der Waals surface area contributed by atoms with Crippen molar-refractivity contribution in [2.24, 2.45) is 5.73 Å². The van der Waals surface area contributed by atoms with Crippen molar-refractivity contribution >= 4 is 17.8 Å². The first kappa shape index (κ1) is 18.2. The molecule has 140 valence electrons. The zero-order valence-corrected chi connectivity index (χ0v) is 15.0. The Hall–Kier alpha value is -2.57. The average Bonchev–Trinajstić information content (AvgIpc) is 3.26. The summed E-state index contributed by atoms with van der Waals surface area (Å²) in [6, 6.07) is 7.15. The maximum Gasteiger partial charge on any atom is 0.313 e. The summed E-state index contributed by atoms with van der Waals surface area (Å²) in [5.74, 6) is -0.353. The lowest BCUT2D eigenvalue weighted by molar-refractivity contribution is -0.126. The van der Waals surface area contributed by atoms with Gasteiger partial charge in [-0.15, -0.1) is 0 Å². The molecule has 7 nitrogen and oxygen atoms in total. The van der Waals surface area contributed by atoms with Gasteiger partial charge in [-0.25, -0.2) is 4.79 Å². The van der Waals surface area contributed by atoms with Crippen LogP contribution in [-0.2, 0) is 16.0 Å². The van der Waals surface area contributed by atoms with Gasteiger partial charge in [0.05, 0.1) is 5.92 Å². The molecule has 0 aliphatic heterocycles. The topological polar surface area (TPSA) is 113 Å². The number of hydrogen-bond acceptors (Lipinski definition) is 3. The number of hydrogen-bond donors (Lipinski definition) is 4. The Morgan fingerprint density at radius 2 is 2.00 bits per heavy atom. The van der Waals surface area contributed by atoms with Gasteiger partial charge < -0.3 is 21.7 Å². The van der Waals surface area contributed by atoms with Crippen molar-refractivity contribution in [1.29, 1.82) is 0 Å². The Morgan fingerprint density at radius 3 is 2.65 bits per heavy atom. The van der Waals surface area contributed by atoms with Crippen LogP contribution >= 0.6 is 0 Å². The van der Waals surface area contributed by atoms with Crippen molar-refractivity contribution in [2.45, 2.75) is 56.5 Å². The van der Waals surface area contributed by atoms with Gasteiger partial charge in [0.2, 0.25) is 11.8 Å². The summed E-state index contributed by atoms with van der Waals surface area (Å²) in [5, 5.41) is 8.40. The smallest absolute Gasteiger partial charge is 0.313 e. The van der Waals surface area contributed by atoms with Gasteiger partial charge >= 0.3 is 6.03 Å². The Morgan fingerprint density at radius 1 is 1.27 bits per heavy atom. The lowest BCUT2D eigenvalue weighted by Crippen LogP contribution is -2.54. The average molecular weight is 358 g/mol. The highest BCUT2D eigenvalue weighted by Gasteiger charge is 2.51. The fourth-order valence-electron chi connectivity index (χ4n) is 3.57. The second kappa shape index (κ2) is 7.35. The van der Waals surface area contributed by atoms with E-state index in [0.29, 0.717) is 25.8 Å². The van der Waals surface area contributed by atoms with Crippen molar-refractivity contribution in [2.75, 3.05) is 6.54 Å². The van der Waals surface area contributed by atoms with Gasteiger partial charge in [0.15, 0.2) is 0 Å². The van der Waals surface area contributed by atoms with Crippen LogP contribution < -0.4 is 21.7 Å². The molecule has 1 saturated carbocycles. The fraction of sp³-hybridized carbons (Fsp3) is 0.526. The molecule has 0 heterocycles. The molecule has 0 saturated heterocycles. The third-order valence-electron chi connectivity index (χ3n) is 5.35. The summed E-state index contributed by atoms with van der Waals surface area (Å²) in [7, 11) is 0. The second-order valence-electron chi connectivity index (χ2n) is 7.19. The second-order valence-corrected chi connectivity index (χ2v) is 7.19. The van der Waals surface area contributed by atoms with Crippen LogP contribution in [0.1, 0.15) is 49.7 Å². The van der Waals surface area contributed by atoms with E-state index >= 15 is 0 Å². The molecule has 5 N–H and O–H groups in total. The van der Waals surface area contributed by atoms with E-state index in [2.05, 4.69) is 22.0 Å². The minimum atomic E-state index is -0.867. The molecule has 4 amide bonds. The summed E-state index contributed by atoms with van der Waals surface area (Å²) in [6.07, 6.45) is 3.59. The van der Waals surface area contributed by atoms with Crippen LogP contribution in [0, 0.1) is 0 Å². The molecule has 7 heteroatoms. The number of carbonyl (C=O) groups is 3. The zero-order valence-electron chi connectivity index (χ0n) is 15.0. The Labute approximate surface area is 153 Å². The van der Waals surface area contributed by atoms with Crippen LogP contribution in [0.4, 0.5) is 4.79 Å². The van der Waals surface area contributed by atoms with E-state index in [1.807, 2.05) is 25.1 Å². The van der Waals surface area contributed by atoms with Crippen LogP contribution in [0.2, 0.25) is 0 Å². The first-order valence-electron chi connectivity index (χ1n) is 9.19. The molecule has 1 aromatic rings. The Kier molecular flexibility index (Phi) is 5.15. The monoisotopic (exact) mass is 358 g/mol. The lowest BCUT2D eigenvalue weighted by atomic mass is 10.0. The molecular formula is C19H26N4O3. The zero-order chi connectivity index (χ0) is 18.7. The number of carbonyl (C=O) groups excluding carboxylic acids is 3. The molecule has 2 aliphatic rings. The summed E-state index contributed by atoms with van der Waals surface area (Å²) < 4.78 is 0. The maximum absolute atomic E-state index is 12.6. The standard InChI is InChI=1S/C19H26N4O3/c1-2-13(22-17(25)19(9-10-19)23-18(20)26)11-21-16(24)15-8-7-12-5-3-4-6-14(12)15/h3-6,13,15H,2,7-11H2,1H3,(H,21,24)(H,22,25)(H3,20,23,26)/t13?,15-/m1/s1. The van der Waals surface area contributed by atoms with Crippen molar-refractivity contribution < 1.29 is 14.4 Å². The van der Waals surface area contributed by atoms with Gasteiger partial charge in [0.1, 0.15) is 5.54 Å². The molecule has 3 rings (SSSR count). The first-order chi connectivity index (χ1) is 12.4. The molecule has 2 atom stereocenters. The van der Waals surface area contributed by atoms with Gasteiger partial charge in [-0.3, -0.25) is 9.59 Å². The van der Waals surface area contributed by atoms with Crippen molar-refractivity contribution in [3.05, 3.63) is 35.4 Å². The molecule has 1 unspecified atom stereocenters. The number of benzene rings is 1. The minimum Gasteiger partial charge on any atom is -0.354 e. The maximum atomic E-state index is 12.6. The highest BCUT2D eigenvalue weighted by atomic mass is 16.2. The normalized spacial score (nSPS) is 20.6. The predicted molar refractivity (Wildman–Crippen MR) is 97.4 cm³/mol. The molecule has 26 heavy (non-hydrogen) atoms. The Balaban J connectivity index is 1.52. The van der Waals surface area contributed by atoms with E-state index in [-0.39, 0.29) is 23.8 Å². The molecule has 0 aromatic heterocycles. The molecule has 2 aliphatic carbocycles. The summed E-state index contributed by atoms with van der Waals surface area (Å²) in [4.78, 5) is 36.0. The first-order valence-corrected chi connectivity index (χ1v) is 9.19. The molecule has 1 fully saturated rings. The molecule has 0 radical (unpaired) electrons. The quantitative estimate of drug-likeness (QED) is 0.581. The van der Waals surface area contributed by atoms with Crippen LogP contribution in [0.15, 0.2) is 24.3 Å². The predicted octanol–water partition coefficient (Wildman–Crippen LogP) is 0.928. The fourth-order valence-corrected chi connectivity index (χ4v) is 3.57. The van der Waals surface area contributed by atoms with Crippen LogP contribution in [0.25, 0.3) is 0 Å². The number of urea groups is 1. The van der Waals surface area contributed by atoms with Crippen molar-refractivity contribution in [3.8, 4) is 0 Å². The third kappa shape index (κ3) is 3.81. The molecule has 0 bridgehead atoms. The number of primary amides is 1. The third-order valence-corrected chi connectivity index (χ3v) is 5.35. The Bertz CT molecular complexity index is 714. The largest absolute Gasteiger partial charge is 0.354 e. The van der Waals surface area contributed by atoms with E-state index in [0.717, 1.165) is 18.4 Å². The number of rotatable bonds is 7. The SMILES string of the molecule is CCC(CNC(=O)[C@@H]1CCc2ccccc21)NC(=O)C1(NC(N)=O)CC1. The number of nitrogens with one attached hydrogen (secondary N) is 3. The lowest BCUT2D eigenvalue weighted by Gasteiger charge is -2.23. The highest BCUT2D eigenvalue weighted by Crippen LogP contribution is 2.35. The number of amides is 4. The molecule has 0 spiro atoms. The van der Waals surface area contributed by atoms with E-state index in [1.165, 1.54) is 5.56 Å². The minimum absolute atomic E-state index is 0.000884. The van der Waals surface area contributed by atoms with Crippen LogP contribution in [0.3, 0.4) is 0 Å². The molecular weight excluding hydrogens is 332 g/mol. The van der Waals surface area contributed by atoms with E-state index in [4.69, 9.17) is 5.73 Å². The summed E-state index contributed by atoms with van der Waals surface area (Å²) in [6.45, 7) is 2.31. The van der Waals surface area contributed by atoms with Crippen LogP contribution in [-0.4, -0.2) is 36.0 Å². The van der Waals surface area contributed by atoms with Gasteiger partial charge in [-0.05, 0) is 43.2 Å². The van der Waals surface area contributed by atoms with E-state index < -0.39 is 11.6 Å². The highest BCUT2D eigenvalue weighted by molar-refractivity contribution is 5.93. The van der Waals surface area contributed by atoms with Crippen molar-refractivity contribution in [3.63, 3.8) is 0 Å². The summed E-state index contributed by atoms with van der Waals surface area (Å²) >= 11 is 0.